The van der Waals surface area contributed by atoms with Crippen molar-refractivity contribution in [2.45, 2.75) is 45.1 Å². The highest BCUT2D eigenvalue weighted by Crippen LogP contribution is 2.21. The number of nitrogens with one attached hydrogen (secondary N) is 1. The maximum Gasteiger partial charge on any atom is 0.272 e. The largest absolute Gasteiger partial charge is 0.383 e. The molecule has 0 spiro atoms. The van der Waals surface area contributed by atoms with Gasteiger partial charge in [0.05, 0.1) is 11.9 Å². The van der Waals surface area contributed by atoms with E-state index in [0.717, 1.165) is 31.5 Å². The fourth-order valence-electron chi connectivity index (χ4n) is 3.51. The van der Waals surface area contributed by atoms with Gasteiger partial charge in [-0.15, -0.1) is 0 Å². The average Bonchev–Trinajstić information content (AvgIpc) is 2.69. The summed E-state index contributed by atoms with van der Waals surface area (Å²) in [5, 5.41) is 3.23. The zero-order valence-corrected chi connectivity index (χ0v) is 15.2. The van der Waals surface area contributed by atoms with Crippen molar-refractivity contribution in [3.05, 3.63) is 59.7 Å². The SMILES string of the molecule is CCC1CCCCN1C(=O)c1ccc(NCCc2ccccc2F)cn1. The molecule has 1 saturated heterocycles. The van der Waals surface area contributed by atoms with Crippen LogP contribution in [0.25, 0.3) is 0 Å². The fraction of sp³-hybridized carbons (Fsp3) is 0.429. The second-order valence-corrected chi connectivity index (χ2v) is 6.76. The van der Waals surface area contributed by atoms with E-state index in [0.29, 0.717) is 30.3 Å². The van der Waals surface area contributed by atoms with Gasteiger partial charge < -0.3 is 10.2 Å². The zero-order valence-electron chi connectivity index (χ0n) is 15.2. The molecule has 1 atom stereocenters. The Morgan fingerprint density at radius 1 is 1.27 bits per heavy atom. The molecule has 1 fully saturated rings. The van der Waals surface area contributed by atoms with Gasteiger partial charge in [0.1, 0.15) is 11.5 Å². The van der Waals surface area contributed by atoms with Crippen molar-refractivity contribution < 1.29 is 9.18 Å². The van der Waals surface area contributed by atoms with Crippen molar-refractivity contribution in [2.24, 2.45) is 0 Å². The smallest absolute Gasteiger partial charge is 0.272 e. The quantitative estimate of drug-likeness (QED) is 0.841. The summed E-state index contributed by atoms with van der Waals surface area (Å²) < 4.78 is 13.6. The standard InChI is InChI=1S/C21H26FN3O/c1-2-18-8-5-6-14-25(18)21(26)20-11-10-17(15-24-20)23-13-12-16-7-3-4-9-19(16)22/h3-4,7,9-11,15,18,23H,2,5-6,8,12-14H2,1H3. The number of carbonyl (C=O) groups excluding carboxylic acids is 1. The van der Waals surface area contributed by atoms with Crippen LogP contribution in [-0.4, -0.2) is 34.9 Å². The van der Waals surface area contributed by atoms with E-state index in [1.807, 2.05) is 17.0 Å². The lowest BCUT2D eigenvalue weighted by Crippen LogP contribution is -2.43. The van der Waals surface area contributed by atoms with Crippen LogP contribution in [0.15, 0.2) is 42.6 Å². The molecule has 1 aromatic heterocycles. The summed E-state index contributed by atoms with van der Waals surface area (Å²) >= 11 is 0. The number of pyridine rings is 1. The molecule has 1 aliphatic heterocycles. The van der Waals surface area contributed by atoms with Crippen molar-refractivity contribution in [2.75, 3.05) is 18.4 Å². The first-order valence-corrected chi connectivity index (χ1v) is 9.43. The molecule has 0 radical (unpaired) electrons. The molecule has 0 saturated carbocycles. The lowest BCUT2D eigenvalue weighted by atomic mass is 9.99. The Balaban J connectivity index is 1.56. The number of hydrogen-bond acceptors (Lipinski definition) is 3. The van der Waals surface area contributed by atoms with Crippen molar-refractivity contribution in [3.8, 4) is 0 Å². The number of hydrogen-bond donors (Lipinski definition) is 1. The first-order valence-electron chi connectivity index (χ1n) is 9.43. The normalized spacial score (nSPS) is 17.2. The predicted octanol–water partition coefficient (Wildman–Crippen LogP) is 4.28. The van der Waals surface area contributed by atoms with Gasteiger partial charge >= 0.3 is 0 Å². The van der Waals surface area contributed by atoms with Gasteiger partial charge in [0.2, 0.25) is 0 Å². The lowest BCUT2D eigenvalue weighted by Gasteiger charge is -2.35. The highest BCUT2D eigenvalue weighted by molar-refractivity contribution is 5.92. The van der Waals surface area contributed by atoms with Crippen molar-refractivity contribution in [3.63, 3.8) is 0 Å². The Morgan fingerprint density at radius 2 is 2.12 bits per heavy atom. The Morgan fingerprint density at radius 3 is 2.85 bits per heavy atom. The van der Waals surface area contributed by atoms with Crippen LogP contribution in [0.2, 0.25) is 0 Å². The Kier molecular flexibility index (Phi) is 6.21. The van der Waals surface area contributed by atoms with E-state index < -0.39 is 0 Å². The van der Waals surface area contributed by atoms with Crippen LogP contribution >= 0.6 is 0 Å². The molecule has 1 unspecified atom stereocenters. The molecule has 0 aliphatic carbocycles. The van der Waals surface area contributed by atoms with Gasteiger partial charge in [0.25, 0.3) is 5.91 Å². The number of carbonyl (C=O) groups is 1. The monoisotopic (exact) mass is 355 g/mol. The third kappa shape index (κ3) is 4.40. The predicted molar refractivity (Wildman–Crippen MR) is 102 cm³/mol. The number of benzene rings is 1. The van der Waals surface area contributed by atoms with Gasteiger partial charge in [-0.1, -0.05) is 25.1 Å². The van der Waals surface area contributed by atoms with Crippen molar-refractivity contribution >= 4 is 11.6 Å². The molecule has 1 aromatic carbocycles. The fourth-order valence-corrected chi connectivity index (χ4v) is 3.51. The number of likely N-dealkylation sites (tertiary alicyclic amines) is 1. The summed E-state index contributed by atoms with van der Waals surface area (Å²) in [5.74, 6) is -0.158. The van der Waals surface area contributed by atoms with Crippen molar-refractivity contribution in [1.29, 1.82) is 0 Å². The summed E-state index contributed by atoms with van der Waals surface area (Å²) in [4.78, 5) is 19.0. The van der Waals surface area contributed by atoms with Crippen LogP contribution < -0.4 is 5.32 Å². The maximum atomic E-state index is 13.6. The molecule has 3 rings (SSSR count). The summed E-state index contributed by atoms with van der Waals surface area (Å²) in [6.45, 7) is 3.56. The second-order valence-electron chi connectivity index (χ2n) is 6.76. The summed E-state index contributed by atoms with van der Waals surface area (Å²) in [6, 6.07) is 10.8. The van der Waals surface area contributed by atoms with Gasteiger partial charge in [0.15, 0.2) is 0 Å². The number of piperidine rings is 1. The third-order valence-corrected chi connectivity index (χ3v) is 5.02. The molecule has 138 valence electrons. The number of aromatic nitrogens is 1. The van der Waals surface area contributed by atoms with E-state index in [4.69, 9.17) is 0 Å². The van der Waals surface area contributed by atoms with E-state index >= 15 is 0 Å². The van der Waals surface area contributed by atoms with Gasteiger partial charge in [-0.25, -0.2) is 9.37 Å². The molecule has 4 nitrogen and oxygen atoms in total. The van der Waals surface area contributed by atoms with Gasteiger partial charge in [-0.05, 0) is 55.9 Å². The minimum atomic E-state index is -0.180. The highest BCUT2D eigenvalue weighted by atomic mass is 19.1. The topological polar surface area (TPSA) is 45.2 Å². The number of halogens is 1. The number of anilines is 1. The molecule has 1 aliphatic rings. The van der Waals surface area contributed by atoms with Crippen LogP contribution in [0, 0.1) is 5.82 Å². The van der Waals surface area contributed by atoms with E-state index in [2.05, 4.69) is 17.2 Å². The Bertz CT molecular complexity index is 732. The summed E-state index contributed by atoms with van der Waals surface area (Å²) in [6.07, 6.45) is 6.61. The molecule has 2 aromatic rings. The molecule has 0 bridgehead atoms. The van der Waals surface area contributed by atoms with E-state index in [-0.39, 0.29) is 11.7 Å². The van der Waals surface area contributed by atoms with Gasteiger partial charge in [-0.2, -0.15) is 0 Å². The summed E-state index contributed by atoms with van der Waals surface area (Å²) in [7, 11) is 0. The first-order chi connectivity index (χ1) is 12.7. The van der Waals surface area contributed by atoms with E-state index in [1.165, 1.54) is 12.5 Å². The molecule has 5 heteroatoms. The molecular weight excluding hydrogens is 329 g/mol. The Hall–Kier alpha value is -2.43. The van der Waals surface area contributed by atoms with Crippen molar-refractivity contribution in [1.82, 2.24) is 9.88 Å². The third-order valence-electron chi connectivity index (χ3n) is 5.02. The second kappa shape index (κ2) is 8.79. The lowest BCUT2D eigenvalue weighted by molar-refractivity contribution is 0.0602. The number of rotatable bonds is 6. The first kappa shape index (κ1) is 18.4. The number of nitrogens with zero attached hydrogens (tertiary/aromatic N) is 2. The zero-order chi connectivity index (χ0) is 18.4. The minimum Gasteiger partial charge on any atom is -0.383 e. The average molecular weight is 355 g/mol. The highest BCUT2D eigenvalue weighted by Gasteiger charge is 2.26. The van der Waals surface area contributed by atoms with Gasteiger partial charge in [0, 0.05) is 19.1 Å². The van der Waals surface area contributed by atoms with Crippen LogP contribution in [0.5, 0.6) is 0 Å². The minimum absolute atomic E-state index is 0.0226. The Labute approximate surface area is 154 Å². The van der Waals surface area contributed by atoms with Crippen LogP contribution in [0.4, 0.5) is 10.1 Å². The van der Waals surface area contributed by atoms with Gasteiger partial charge in [-0.3, -0.25) is 4.79 Å². The molecule has 2 heterocycles. The maximum absolute atomic E-state index is 13.6. The van der Waals surface area contributed by atoms with Crippen LogP contribution in [0.3, 0.4) is 0 Å². The van der Waals surface area contributed by atoms with Crippen LogP contribution in [0.1, 0.15) is 48.7 Å². The van der Waals surface area contributed by atoms with E-state index in [9.17, 15) is 9.18 Å². The molecular formula is C21H26FN3O. The number of amides is 1. The molecule has 1 N–H and O–H groups in total. The summed E-state index contributed by atoms with van der Waals surface area (Å²) in [5.41, 5.74) is 2.02. The molecule has 1 amide bonds. The molecule has 26 heavy (non-hydrogen) atoms. The van der Waals surface area contributed by atoms with Crippen LogP contribution in [-0.2, 0) is 6.42 Å². The van der Waals surface area contributed by atoms with E-state index in [1.54, 1.807) is 24.4 Å².